The number of allylic oxidation sites excluding steroid dienone is 4. The average Bonchev–Trinajstić information content (AvgIpc) is 3.83. The van der Waals surface area contributed by atoms with E-state index < -0.39 is 36.4 Å². The molecule has 0 saturated carbocycles. The molecule has 1 fully saturated rings. The molecular weight excluding hydrogens is 775 g/mol. The second-order valence-electron chi connectivity index (χ2n) is 15.2. The summed E-state index contributed by atoms with van der Waals surface area (Å²) in [7, 11) is 7.78. The molecule has 59 heavy (non-hydrogen) atoms. The molecule has 3 heterocycles. The maximum Gasteiger partial charge on any atom is 0.338 e. The van der Waals surface area contributed by atoms with E-state index in [1.54, 1.807) is 31.2 Å². The highest BCUT2D eigenvalue weighted by Gasteiger charge is 2.47. The molecule has 0 bridgehead atoms. The van der Waals surface area contributed by atoms with Crippen LogP contribution >= 0.6 is 12.2 Å². The normalized spacial score (nSPS) is 24.0. The van der Waals surface area contributed by atoms with Crippen LogP contribution in [0.15, 0.2) is 113 Å². The lowest BCUT2D eigenvalue weighted by molar-refractivity contribution is -0.462. The van der Waals surface area contributed by atoms with Crippen molar-refractivity contribution in [2.24, 2.45) is 11.8 Å². The summed E-state index contributed by atoms with van der Waals surface area (Å²) in [6.07, 6.45) is 13.4. The third-order valence-electron chi connectivity index (χ3n) is 10.9. The molecule has 3 N–H and O–H groups in total. The molecular formula is C44H41N5O9S. The number of ether oxygens (including phenoxy) is 4. The van der Waals surface area contributed by atoms with E-state index in [4.69, 9.17) is 31.2 Å². The van der Waals surface area contributed by atoms with Gasteiger partial charge in [0, 0.05) is 71.9 Å². The number of thiocarbonyl (C=S) groups is 1. The van der Waals surface area contributed by atoms with Gasteiger partial charge in [-0.3, -0.25) is 4.79 Å². The first-order valence-corrected chi connectivity index (χ1v) is 19.4. The van der Waals surface area contributed by atoms with Crippen molar-refractivity contribution in [3.63, 3.8) is 0 Å². The number of carbonyl (C=O) groups is 4. The van der Waals surface area contributed by atoms with E-state index in [-0.39, 0.29) is 35.0 Å². The van der Waals surface area contributed by atoms with Gasteiger partial charge < -0.3 is 49.7 Å². The number of esters is 2. The second kappa shape index (κ2) is 15.5. The van der Waals surface area contributed by atoms with Gasteiger partial charge in [-0.2, -0.15) is 0 Å². The zero-order chi connectivity index (χ0) is 41.7. The zero-order valence-electron chi connectivity index (χ0n) is 32.9. The minimum absolute atomic E-state index is 0.0142. The largest absolute Gasteiger partial charge is 0.545 e. The van der Waals surface area contributed by atoms with Gasteiger partial charge in [0.15, 0.2) is 5.11 Å². The molecule has 3 aliphatic heterocycles. The fourth-order valence-corrected chi connectivity index (χ4v) is 8.10. The Balaban J connectivity index is 0.947. The quantitative estimate of drug-likeness (QED) is 0.111. The van der Waals surface area contributed by atoms with E-state index in [0.717, 1.165) is 33.7 Å². The predicted molar refractivity (Wildman–Crippen MR) is 219 cm³/mol. The average molecular weight is 816 g/mol. The van der Waals surface area contributed by atoms with Gasteiger partial charge in [-0.05, 0) is 90.3 Å². The summed E-state index contributed by atoms with van der Waals surface area (Å²) in [4.78, 5) is 52.1. The lowest BCUT2D eigenvalue weighted by atomic mass is 9.77. The lowest BCUT2D eigenvalue weighted by Gasteiger charge is -2.38. The van der Waals surface area contributed by atoms with E-state index in [9.17, 15) is 24.3 Å². The van der Waals surface area contributed by atoms with Crippen LogP contribution in [0.1, 0.15) is 40.1 Å². The molecule has 8 rings (SSSR count). The fourth-order valence-electron chi connectivity index (χ4n) is 7.91. The Bertz CT molecular complexity index is 2490. The van der Waals surface area contributed by atoms with Crippen molar-refractivity contribution in [1.29, 1.82) is 0 Å². The van der Waals surface area contributed by atoms with Crippen LogP contribution in [0.4, 0.5) is 11.4 Å². The van der Waals surface area contributed by atoms with E-state index in [2.05, 4.69) is 16.0 Å². The summed E-state index contributed by atoms with van der Waals surface area (Å²) in [6.45, 7) is 1.44. The number of carboxylic acid groups (broad SMARTS) is 1. The number of likely N-dealkylation sites (N-methyl/N-ethyl adjacent to an activating group) is 1. The van der Waals surface area contributed by atoms with E-state index >= 15 is 0 Å². The molecule has 302 valence electrons. The number of fused-ring (bicyclic) bond motifs is 5. The van der Waals surface area contributed by atoms with E-state index in [1.807, 2.05) is 80.2 Å². The number of benzene rings is 2. The topological polar surface area (TPSA) is 171 Å². The number of carboxylic acids is 1. The van der Waals surface area contributed by atoms with Gasteiger partial charge in [-0.15, -0.1) is 0 Å². The Hall–Kier alpha value is -6.74. The van der Waals surface area contributed by atoms with Crippen molar-refractivity contribution >= 4 is 63.8 Å². The van der Waals surface area contributed by atoms with Crippen molar-refractivity contribution in [2.45, 2.75) is 31.8 Å². The number of hydrogen-bond acceptors (Lipinski definition) is 11. The van der Waals surface area contributed by atoms with Gasteiger partial charge in [0.05, 0.1) is 30.4 Å². The minimum atomic E-state index is -1.32. The highest BCUT2D eigenvalue weighted by Crippen LogP contribution is 2.49. The van der Waals surface area contributed by atoms with Crippen LogP contribution in [-0.2, 0) is 39.8 Å². The molecule has 5 atom stereocenters. The third-order valence-corrected chi connectivity index (χ3v) is 11.2. The molecule has 2 aromatic carbocycles. The number of hydrogen-bond donors (Lipinski definition) is 3. The molecule has 0 spiro atoms. The Kier molecular flexibility index (Phi) is 10.3. The number of rotatable bonds is 9. The van der Waals surface area contributed by atoms with Crippen LogP contribution in [0.5, 0.6) is 0 Å². The first kappa shape index (κ1) is 39.1. The second-order valence-corrected chi connectivity index (χ2v) is 15.6. The van der Waals surface area contributed by atoms with Crippen molar-refractivity contribution < 1.29 is 47.8 Å². The fraction of sp³-hybridized carbons (Fsp3) is 0.273. The number of amides is 1. The van der Waals surface area contributed by atoms with Crippen molar-refractivity contribution in [3.05, 3.63) is 136 Å². The van der Waals surface area contributed by atoms with Gasteiger partial charge in [-0.25, -0.2) is 14.2 Å². The van der Waals surface area contributed by atoms with Gasteiger partial charge in [0.2, 0.25) is 11.6 Å². The molecule has 2 unspecified atom stereocenters. The molecule has 1 saturated heterocycles. The summed E-state index contributed by atoms with van der Waals surface area (Å²) in [6, 6.07) is 10.2. The number of carbonyl (C=O) groups excluding carboxylic acids is 4. The standard InChI is InChI=1S/C44H41N5O9S/c1-22-14-38(57-42(22)53)55-21-34-33-15-23-6-7-24(16-31(23)40(33)58-43(34)54)46-37(50)20-45-44(59)47-25-8-11-28(41(51)52)32(17-25)39-29-12-9-26(48(2)3)18-35(29)56-36-19-27(49(4)5)10-13-30(36)39/h6-14,16-19,21,29,33,35,38,40H,15,20H2,1-5H3,(H3-,45,46,47,50,51,52,59)/b34-21+/t29?,33-,35?,38+,40-/m0/s1. The van der Waals surface area contributed by atoms with Gasteiger partial charge in [0.1, 0.15) is 32.1 Å². The Morgan fingerprint density at radius 3 is 2.51 bits per heavy atom. The van der Waals surface area contributed by atoms with Crippen molar-refractivity contribution in [2.75, 3.05) is 45.4 Å². The molecule has 3 aliphatic carbocycles. The molecule has 0 aromatic heterocycles. The van der Waals surface area contributed by atoms with Gasteiger partial charge in [-0.1, -0.05) is 18.2 Å². The molecule has 2 aromatic rings. The third kappa shape index (κ3) is 7.68. The molecule has 0 radical (unpaired) electrons. The SMILES string of the molecule is CC1=C[C@H](O/C=C2/C(=O)O[C@H]3c4cc(NC(=O)CNC(=S)Nc5ccc(C(=O)[O-])c(C6=C7C=CC(=[N+](C)C)C=C7OC7C=C(N(C)C)C=CC67)c5)ccc4C[C@@H]23)OC1=O. The Morgan fingerprint density at radius 1 is 1.00 bits per heavy atom. The lowest BCUT2D eigenvalue weighted by Crippen LogP contribution is -2.36. The van der Waals surface area contributed by atoms with Crippen LogP contribution in [-0.4, -0.2) is 91.2 Å². The van der Waals surface area contributed by atoms with Gasteiger partial charge in [0.25, 0.3) is 6.29 Å². The van der Waals surface area contributed by atoms with Crippen molar-refractivity contribution in [1.82, 2.24) is 10.2 Å². The smallest absolute Gasteiger partial charge is 0.338 e. The number of cyclic esters (lactones) is 1. The minimum Gasteiger partial charge on any atom is -0.545 e. The number of nitrogens with zero attached hydrogens (tertiary/aromatic N) is 2. The van der Waals surface area contributed by atoms with Gasteiger partial charge >= 0.3 is 11.9 Å². The van der Waals surface area contributed by atoms with Crippen LogP contribution in [0.3, 0.4) is 0 Å². The Labute approximate surface area is 345 Å². The highest BCUT2D eigenvalue weighted by atomic mass is 32.1. The van der Waals surface area contributed by atoms with Crippen molar-refractivity contribution in [3.8, 4) is 0 Å². The molecule has 15 heteroatoms. The highest BCUT2D eigenvalue weighted by molar-refractivity contribution is 7.80. The van der Waals surface area contributed by atoms with Crippen LogP contribution in [0.25, 0.3) is 5.57 Å². The van der Waals surface area contributed by atoms with E-state index in [0.29, 0.717) is 40.3 Å². The first-order chi connectivity index (χ1) is 28.2. The molecule has 1 amide bonds. The summed E-state index contributed by atoms with van der Waals surface area (Å²) < 4.78 is 24.9. The summed E-state index contributed by atoms with van der Waals surface area (Å²) in [5.74, 6) is -2.66. The Morgan fingerprint density at radius 2 is 1.78 bits per heavy atom. The number of anilines is 2. The monoisotopic (exact) mass is 815 g/mol. The number of aromatic carboxylic acids is 1. The predicted octanol–water partition coefficient (Wildman–Crippen LogP) is 3.43. The molecule has 6 aliphatic rings. The van der Waals surface area contributed by atoms with Crippen LogP contribution in [0, 0.1) is 11.8 Å². The first-order valence-electron chi connectivity index (χ1n) is 19.0. The summed E-state index contributed by atoms with van der Waals surface area (Å²) in [5.41, 5.74) is 7.43. The zero-order valence-corrected chi connectivity index (χ0v) is 33.7. The number of nitrogens with one attached hydrogen (secondary N) is 3. The van der Waals surface area contributed by atoms with Crippen LogP contribution < -0.4 is 21.1 Å². The summed E-state index contributed by atoms with van der Waals surface area (Å²) in [5, 5.41) is 21.6. The maximum atomic E-state index is 13.1. The summed E-state index contributed by atoms with van der Waals surface area (Å²) >= 11 is 5.56. The van der Waals surface area contributed by atoms with E-state index in [1.165, 1.54) is 18.4 Å². The maximum absolute atomic E-state index is 13.1. The van der Waals surface area contributed by atoms with Crippen LogP contribution in [0.2, 0.25) is 0 Å². The molecule has 14 nitrogen and oxygen atoms in total.